The molecule has 1 saturated carbocycles. The standard InChI is InChI=1S/C12H13ClN2S/c13-10-7-9(1-2-11(10)15)16-8-12(3-4-12)5-6-14/h1-2,7H,3-5,8,15H2. The Morgan fingerprint density at radius 1 is 1.50 bits per heavy atom. The fraction of sp³-hybridized carbons (Fsp3) is 0.417. The SMILES string of the molecule is N#CCC1(CSc2ccc(N)c(Cl)c2)CC1. The lowest BCUT2D eigenvalue weighted by molar-refractivity contribution is 0.604. The molecule has 84 valence electrons. The Kier molecular flexibility index (Phi) is 3.32. The van der Waals surface area contributed by atoms with Crippen LogP contribution in [0.25, 0.3) is 0 Å². The van der Waals surface area contributed by atoms with E-state index in [0.29, 0.717) is 17.1 Å². The largest absolute Gasteiger partial charge is 0.398 e. The summed E-state index contributed by atoms with van der Waals surface area (Å²) in [6.45, 7) is 0. The van der Waals surface area contributed by atoms with Crippen LogP contribution in [0.1, 0.15) is 19.3 Å². The third-order valence-corrected chi connectivity index (χ3v) is 4.60. The van der Waals surface area contributed by atoms with E-state index in [-0.39, 0.29) is 5.41 Å². The van der Waals surface area contributed by atoms with Crippen LogP contribution in [0.5, 0.6) is 0 Å². The first-order chi connectivity index (χ1) is 7.65. The van der Waals surface area contributed by atoms with Crippen molar-refractivity contribution in [2.45, 2.75) is 24.2 Å². The number of hydrogen-bond acceptors (Lipinski definition) is 3. The highest BCUT2D eigenvalue weighted by Crippen LogP contribution is 2.51. The van der Waals surface area contributed by atoms with Crippen LogP contribution in [-0.2, 0) is 0 Å². The van der Waals surface area contributed by atoms with Gasteiger partial charge in [-0.3, -0.25) is 0 Å². The van der Waals surface area contributed by atoms with Crippen LogP contribution in [0, 0.1) is 16.7 Å². The van der Waals surface area contributed by atoms with E-state index in [4.69, 9.17) is 22.6 Å². The molecule has 1 aromatic carbocycles. The van der Waals surface area contributed by atoms with Crippen molar-refractivity contribution in [1.29, 1.82) is 5.26 Å². The second-order valence-corrected chi connectivity index (χ2v) is 5.76. The molecule has 1 fully saturated rings. The highest BCUT2D eigenvalue weighted by atomic mass is 35.5. The van der Waals surface area contributed by atoms with E-state index in [1.165, 1.54) is 12.8 Å². The Labute approximate surface area is 105 Å². The van der Waals surface area contributed by atoms with Gasteiger partial charge in [0.05, 0.1) is 16.8 Å². The number of hydrogen-bond donors (Lipinski definition) is 1. The molecule has 0 aromatic heterocycles. The van der Waals surface area contributed by atoms with Gasteiger partial charge in [-0.25, -0.2) is 0 Å². The van der Waals surface area contributed by atoms with Gasteiger partial charge in [-0.2, -0.15) is 5.26 Å². The Balaban J connectivity index is 1.95. The average Bonchev–Trinajstić information content (AvgIpc) is 3.01. The van der Waals surface area contributed by atoms with Gasteiger partial charge in [0.2, 0.25) is 0 Å². The molecule has 16 heavy (non-hydrogen) atoms. The smallest absolute Gasteiger partial charge is 0.0646 e. The third kappa shape index (κ3) is 2.63. The van der Waals surface area contributed by atoms with Crippen molar-refractivity contribution in [3.8, 4) is 6.07 Å². The number of rotatable bonds is 4. The molecule has 0 atom stereocenters. The lowest BCUT2D eigenvalue weighted by atomic mass is 10.1. The molecule has 0 saturated heterocycles. The van der Waals surface area contributed by atoms with Crippen LogP contribution in [-0.4, -0.2) is 5.75 Å². The first-order valence-corrected chi connectivity index (χ1v) is 6.56. The van der Waals surface area contributed by atoms with Crippen molar-refractivity contribution >= 4 is 29.1 Å². The Morgan fingerprint density at radius 3 is 2.81 bits per heavy atom. The molecule has 0 heterocycles. The van der Waals surface area contributed by atoms with Crippen LogP contribution in [0.3, 0.4) is 0 Å². The normalized spacial score (nSPS) is 16.8. The molecule has 0 spiro atoms. The summed E-state index contributed by atoms with van der Waals surface area (Å²) < 4.78 is 0. The summed E-state index contributed by atoms with van der Waals surface area (Å²) in [4.78, 5) is 1.13. The summed E-state index contributed by atoms with van der Waals surface area (Å²) in [5.41, 5.74) is 6.53. The van der Waals surface area contributed by atoms with Crippen molar-refractivity contribution in [2.75, 3.05) is 11.5 Å². The van der Waals surface area contributed by atoms with Gasteiger partial charge in [0, 0.05) is 17.1 Å². The number of nitrogens with two attached hydrogens (primary N) is 1. The maximum absolute atomic E-state index is 8.72. The molecule has 1 aliphatic carbocycles. The van der Waals surface area contributed by atoms with Gasteiger partial charge in [0.1, 0.15) is 0 Å². The predicted octanol–water partition coefficient (Wildman–Crippen LogP) is 3.71. The highest BCUT2D eigenvalue weighted by Gasteiger charge is 2.42. The topological polar surface area (TPSA) is 49.8 Å². The Hall–Kier alpha value is -0.850. The molecule has 0 bridgehead atoms. The van der Waals surface area contributed by atoms with Crippen LogP contribution in [0.4, 0.5) is 5.69 Å². The van der Waals surface area contributed by atoms with Crippen molar-refractivity contribution in [3.05, 3.63) is 23.2 Å². The molecule has 2 N–H and O–H groups in total. The molecule has 0 amide bonds. The Bertz CT molecular complexity index is 435. The van der Waals surface area contributed by atoms with Gasteiger partial charge in [-0.1, -0.05) is 11.6 Å². The van der Waals surface area contributed by atoms with Crippen molar-refractivity contribution in [3.63, 3.8) is 0 Å². The van der Waals surface area contributed by atoms with E-state index < -0.39 is 0 Å². The molecule has 2 rings (SSSR count). The lowest BCUT2D eigenvalue weighted by Gasteiger charge is -2.10. The quantitative estimate of drug-likeness (QED) is 0.657. The van der Waals surface area contributed by atoms with Gasteiger partial charge < -0.3 is 5.73 Å². The van der Waals surface area contributed by atoms with E-state index in [1.54, 1.807) is 11.8 Å². The van der Waals surface area contributed by atoms with Crippen LogP contribution in [0.2, 0.25) is 5.02 Å². The van der Waals surface area contributed by atoms with Crippen LogP contribution < -0.4 is 5.73 Å². The zero-order valence-electron chi connectivity index (χ0n) is 8.87. The monoisotopic (exact) mass is 252 g/mol. The minimum Gasteiger partial charge on any atom is -0.398 e. The minimum absolute atomic E-state index is 0.271. The third-order valence-electron chi connectivity index (χ3n) is 2.93. The summed E-state index contributed by atoms with van der Waals surface area (Å²) in [5, 5.41) is 9.33. The first kappa shape index (κ1) is 11.6. The second kappa shape index (κ2) is 4.57. The summed E-state index contributed by atoms with van der Waals surface area (Å²) in [6.07, 6.45) is 3.02. The van der Waals surface area contributed by atoms with Gasteiger partial charge in [0.25, 0.3) is 0 Å². The first-order valence-electron chi connectivity index (χ1n) is 5.20. The fourth-order valence-corrected chi connectivity index (χ4v) is 3.02. The number of anilines is 1. The van der Waals surface area contributed by atoms with Crippen molar-refractivity contribution in [2.24, 2.45) is 5.41 Å². The summed E-state index contributed by atoms with van der Waals surface area (Å²) >= 11 is 7.71. The van der Waals surface area contributed by atoms with Gasteiger partial charge >= 0.3 is 0 Å². The number of nitrogens with zero attached hydrogens (tertiary/aromatic N) is 1. The number of halogens is 1. The number of thioether (sulfide) groups is 1. The maximum Gasteiger partial charge on any atom is 0.0646 e. The number of nitrogen functional groups attached to an aromatic ring is 1. The zero-order chi connectivity index (χ0) is 11.6. The number of nitriles is 1. The molecule has 1 aromatic rings. The zero-order valence-corrected chi connectivity index (χ0v) is 10.4. The fourth-order valence-electron chi connectivity index (χ4n) is 1.55. The van der Waals surface area contributed by atoms with Crippen molar-refractivity contribution < 1.29 is 0 Å². The molecule has 2 nitrogen and oxygen atoms in total. The molecule has 4 heteroatoms. The van der Waals surface area contributed by atoms with Gasteiger partial charge in [-0.15, -0.1) is 11.8 Å². The minimum atomic E-state index is 0.271. The molecule has 1 aliphatic rings. The molecular weight excluding hydrogens is 240 g/mol. The van der Waals surface area contributed by atoms with E-state index in [0.717, 1.165) is 10.6 Å². The van der Waals surface area contributed by atoms with E-state index in [1.807, 2.05) is 18.2 Å². The van der Waals surface area contributed by atoms with Crippen molar-refractivity contribution in [1.82, 2.24) is 0 Å². The van der Waals surface area contributed by atoms with Crippen LogP contribution in [0.15, 0.2) is 23.1 Å². The van der Waals surface area contributed by atoms with Gasteiger partial charge in [0.15, 0.2) is 0 Å². The summed E-state index contributed by atoms with van der Waals surface area (Å²) in [7, 11) is 0. The summed E-state index contributed by atoms with van der Waals surface area (Å²) in [6, 6.07) is 7.97. The molecule has 0 unspecified atom stereocenters. The highest BCUT2D eigenvalue weighted by molar-refractivity contribution is 7.99. The van der Waals surface area contributed by atoms with E-state index >= 15 is 0 Å². The average molecular weight is 253 g/mol. The predicted molar refractivity (Wildman–Crippen MR) is 68.5 cm³/mol. The van der Waals surface area contributed by atoms with E-state index in [2.05, 4.69) is 6.07 Å². The van der Waals surface area contributed by atoms with Gasteiger partial charge in [-0.05, 0) is 36.5 Å². The molecule has 0 radical (unpaired) electrons. The molecule has 0 aliphatic heterocycles. The van der Waals surface area contributed by atoms with Crippen LogP contribution >= 0.6 is 23.4 Å². The molecular formula is C12H13ClN2S. The Morgan fingerprint density at radius 2 is 2.25 bits per heavy atom. The maximum atomic E-state index is 8.72. The summed E-state index contributed by atoms with van der Waals surface area (Å²) in [5.74, 6) is 1.00. The van der Waals surface area contributed by atoms with E-state index in [9.17, 15) is 0 Å². The lowest BCUT2D eigenvalue weighted by Crippen LogP contribution is -2.02. The number of benzene rings is 1. The second-order valence-electron chi connectivity index (χ2n) is 4.31.